The monoisotopic (exact) mass is 303 g/mol. The van der Waals surface area contributed by atoms with Crippen LogP contribution in [0.15, 0.2) is 12.1 Å². The standard InChI is InChI=1S/C19H29NO2/c1-5-15-12-17(19(21)22-4)14(3)18(13-15)20(6-2)16-10-8-7-9-11-16/h12-13,16H,5-11H2,1-4H3. The quantitative estimate of drug-likeness (QED) is 0.750. The van der Waals surface area contributed by atoms with E-state index in [0.717, 1.165) is 18.5 Å². The van der Waals surface area contributed by atoms with Crippen LogP contribution in [0.25, 0.3) is 0 Å². The van der Waals surface area contributed by atoms with Crippen molar-refractivity contribution in [2.45, 2.75) is 65.3 Å². The van der Waals surface area contributed by atoms with Gasteiger partial charge >= 0.3 is 5.97 Å². The van der Waals surface area contributed by atoms with Crippen LogP contribution in [0, 0.1) is 6.92 Å². The highest BCUT2D eigenvalue weighted by molar-refractivity contribution is 5.93. The van der Waals surface area contributed by atoms with Crippen molar-refractivity contribution < 1.29 is 9.53 Å². The summed E-state index contributed by atoms with van der Waals surface area (Å²) in [6, 6.07) is 4.86. The summed E-state index contributed by atoms with van der Waals surface area (Å²) in [5.41, 5.74) is 4.19. The molecule has 0 N–H and O–H groups in total. The van der Waals surface area contributed by atoms with Gasteiger partial charge in [-0.3, -0.25) is 0 Å². The SMILES string of the molecule is CCc1cc(C(=O)OC)c(C)c(N(CC)C2CCCCC2)c1. The molecule has 0 atom stereocenters. The average molecular weight is 303 g/mol. The van der Waals surface area contributed by atoms with Gasteiger partial charge in [0, 0.05) is 18.3 Å². The summed E-state index contributed by atoms with van der Waals surface area (Å²) >= 11 is 0. The maximum Gasteiger partial charge on any atom is 0.338 e. The van der Waals surface area contributed by atoms with Crippen molar-refractivity contribution in [3.05, 3.63) is 28.8 Å². The smallest absolute Gasteiger partial charge is 0.338 e. The Morgan fingerprint density at radius 2 is 1.91 bits per heavy atom. The van der Waals surface area contributed by atoms with Gasteiger partial charge in [-0.2, -0.15) is 0 Å². The number of anilines is 1. The molecule has 0 bridgehead atoms. The minimum atomic E-state index is -0.228. The molecule has 0 radical (unpaired) electrons. The molecule has 0 aliphatic heterocycles. The third-order valence-corrected chi connectivity index (χ3v) is 4.92. The van der Waals surface area contributed by atoms with E-state index >= 15 is 0 Å². The van der Waals surface area contributed by atoms with E-state index in [4.69, 9.17) is 4.74 Å². The number of carbonyl (C=O) groups excluding carboxylic acids is 1. The Kier molecular flexibility index (Phi) is 5.87. The van der Waals surface area contributed by atoms with Crippen molar-refractivity contribution in [3.8, 4) is 0 Å². The van der Waals surface area contributed by atoms with Gasteiger partial charge in [-0.15, -0.1) is 0 Å². The number of carbonyl (C=O) groups is 1. The minimum Gasteiger partial charge on any atom is -0.465 e. The zero-order chi connectivity index (χ0) is 16.1. The summed E-state index contributed by atoms with van der Waals surface area (Å²) in [7, 11) is 1.46. The maximum absolute atomic E-state index is 12.1. The summed E-state index contributed by atoms with van der Waals surface area (Å²) in [6.07, 6.45) is 7.44. The molecular formula is C19H29NO2. The highest BCUT2D eigenvalue weighted by atomic mass is 16.5. The largest absolute Gasteiger partial charge is 0.465 e. The first-order valence-corrected chi connectivity index (χ1v) is 8.60. The Labute approximate surface area is 134 Å². The second-order valence-electron chi connectivity index (χ2n) is 6.21. The zero-order valence-corrected chi connectivity index (χ0v) is 14.4. The lowest BCUT2D eigenvalue weighted by molar-refractivity contribution is 0.0600. The van der Waals surface area contributed by atoms with Crippen LogP contribution in [0.2, 0.25) is 0 Å². The van der Waals surface area contributed by atoms with Gasteiger partial charge in [0.1, 0.15) is 0 Å². The number of nitrogens with zero attached hydrogens (tertiary/aromatic N) is 1. The van der Waals surface area contributed by atoms with Crippen molar-refractivity contribution in [1.82, 2.24) is 0 Å². The molecule has 0 amide bonds. The molecule has 1 aromatic rings. The van der Waals surface area contributed by atoms with E-state index in [1.54, 1.807) is 0 Å². The number of hydrogen-bond acceptors (Lipinski definition) is 3. The Morgan fingerprint density at radius 3 is 2.45 bits per heavy atom. The van der Waals surface area contributed by atoms with Crippen LogP contribution < -0.4 is 4.90 Å². The first-order valence-electron chi connectivity index (χ1n) is 8.60. The van der Waals surface area contributed by atoms with Gasteiger partial charge < -0.3 is 9.64 Å². The van der Waals surface area contributed by atoms with Gasteiger partial charge in [0.2, 0.25) is 0 Å². The van der Waals surface area contributed by atoms with Crippen molar-refractivity contribution >= 4 is 11.7 Å². The molecule has 1 aromatic carbocycles. The van der Waals surface area contributed by atoms with Gasteiger partial charge in [0.05, 0.1) is 12.7 Å². The van der Waals surface area contributed by atoms with Crippen LogP contribution in [-0.4, -0.2) is 25.7 Å². The molecule has 0 spiro atoms. The minimum absolute atomic E-state index is 0.228. The lowest BCUT2D eigenvalue weighted by Gasteiger charge is -2.37. The first-order chi connectivity index (χ1) is 10.6. The number of methoxy groups -OCH3 is 1. The summed E-state index contributed by atoms with van der Waals surface area (Å²) in [5, 5.41) is 0. The van der Waals surface area contributed by atoms with Crippen LogP contribution in [-0.2, 0) is 11.2 Å². The van der Waals surface area contributed by atoms with Gasteiger partial charge in [-0.25, -0.2) is 4.79 Å². The van der Waals surface area contributed by atoms with E-state index < -0.39 is 0 Å². The number of rotatable bonds is 5. The van der Waals surface area contributed by atoms with Crippen molar-refractivity contribution in [2.75, 3.05) is 18.6 Å². The second kappa shape index (κ2) is 7.66. The Bertz CT molecular complexity index is 518. The second-order valence-corrected chi connectivity index (χ2v) is 6.21. The maximum atomic E-state index is 12.1. The van der Waals surface area contributed by atoms with E-state index in [9.17, 15) is 4.79 Å². The summed E-state index contributed by atoms with van der Waals surface area (Å²) in [5.74, 6) is -0.228. The molecule has 1 aliphatic rings. The van der Waals surface area contributed by atoms with Crippen LogP contribution >= 0.6 is 0 Å². The van der Waals surface area contributed by atoms with Crippen molar-refractivity contribution in [1.29, 1.82) is 0 Å². The molecule has 1 aliphatic carbocycles. The molecule has 0 saturated heterocycles. The Balaban J connectivity index is 2.44. The fourth-order valence-electron chi connectivity index (χ4n) is 3.60. The first kappa shape index (κ1) is 16.9. The number of aryl methyl sites for hydroxylation is 1. The van der Waals surface area contributed by atoms with E-state index in [1.807, 2.05) is 13.0 Å². The number of hydrogen-bond donors (Lipinski definition) is 0. The topological polar surface area (TPSA) is 29.5 Å². The van der Waals surface area contributed by atoms with Crippen molar-refractivity contribution in [2.24, 2.45) is 0 Å². The normalized spacial score (nSPS) is 15.6. The third-order valence-electron chi connectivity index (χ3n) is 4.92. The number of ether oxygens (including phenoxy) is 1. The molecule has 22 heavy (non-hydrogen) atoms. The lowest BCUT2D eigenvalue weighted by Crippen LogP contribution is -2.37. The Morgan fingerprint density at radius 1 is 1.23 bits per heavy atom. The van der Waals surface area contributed by atoms with Crippen LogP contribution in [0.1, 0.15) is 67.4 Å². The molecule has 0 heterocycles. The highest BCUT2D eigenvalue weighted by Crippen LogP contribution is 2.32. The van der Waals surface area contributed by atoms with E-state index in [-0.39, 0.29) is 5.97 Å². The molecule has 1 fully saturated rings. The molecule has 2 rings (SSSR count). The van der Waals surface area contributed by atoms with E-state index in [2.05, 4.69) is 24.8 Å². The molecular weight excluding hydrogens is 274 g/mol. The third kappa shape index (κ3) is 3.45. The molecule has 1 saturated carbocycles. The summed E-state index contributed by atoms with van der Waals surface area (Å²) < 4.78 is 4.97. The zero-order valence-electron chi connectivity index (χ0n) is 14.4. The molecule has 3 nitrogen and oxygen atoms in total. The Hall–Kier alpha value is -1.51. The summed E-state index contributed by atoms with van der Waals surface area (Å²) in [4.78, 5) is 14.6. The molecule has 3 heteroatoms. The lowest BCUT2D eigenvalue weighted by atomic mass is 9.92. The van der Waals surface area contributed by atoms with Gasteiger partial charge in [0.15, 0.2) is 0 Å². The van der Waals surface area contributed by atoms with Crippen LogP contribution in [0.4, 0.5) is 5.69 Å². The van der Waals surface area contributed by atoms with Crippen LogP contribution in [0.3, 0.4) is 0 Å². The predicted molar refractivity (Wildman–Crippen MR) is 91.8 cm³/mol. The van der Waals surface area contributed by atoms with Crippen molar-refractivity contribution in [3.63, 3.8) is 0 Å². The van der Waals surface area contributed by atoms with Gasteiger partial charge in [-0.1, -0.05) is 26.2 Å². The van der Waals surface area contributed by atoms with Gasteiger partial charge in [-0.05, 0) is 56.4 Å². The molecule has 122 valence electrons. The number of esters is 1. The predicted octanol–water partition coefficient (Wildman–Crippen LogP) is 4.50. The fraction of sp³-hybridized carbons (Fsp3) is 0.632. The summed E-state index contributed by atoms with van der Waals surface area (Å²) in [6.45, 7) is 7.38. The molecule has 0 aromatic heterocycles. The molecule has 0 unspecified atom stereocenters. The fourth-order valence-corrected chi connectivity index (χ4v) is 3.60. The van der Waals surface area contributed by atoms with Gasteiger partial charge in [0.25, 0.3) is 0 Å². The van der Waals surface area contributed by atoms with E-state index in [0.29, 0.717) is 11.6 Å². The number of benzene rings is 1. The highest BCUT2D eigenvalue weighted by Gasteiger charge is 2.24. The van der Waals surface area contributed by atoms with Crippen LogP contribution in [0.5, 0.6) is 0 Å². The van der Waals surface area contributed by atoms with E-state index in [1.165, 1.54) is 50.5 Å². The average Bonchev–Trinajstić information content (AvgIpc) is 2.57.